The van der Waals surface area contributed by atoms with Gasteiger partial charge in [-0.3, -0.25) is 9.78 Å². The monoisotopic (exact) mass is 367 g/mol. The number of benzene rings is 2. The predicted octanol–water partition coefficient (Wildman–Crippen LogP) is 4.20. The first-order valence-corrected chi connectivity index (χ1v) is 9.90. The van der Waals surface area contributed by atoms with Gasteiger partial charge in [0.05, 0.1) is 17.5 Å². The molecule has 1 amide bonds. The van der Waals surface area contributed by atoms with Crippen LogP contribution in [-0.4, -0.2) is 29.1 Å². The van der Waals surface area contributed by atoms with Gasteiger partial charge in [0.25, 0.3) is 0 Å². The van der Waals surface area contributed by atoms with Crippen LogP contribution in [0.15, 0.2) is 75.7 Å². The van der Waals surface area contributed by atoms with E-state index in [0.29, 0.717) is 5.75 Å². The first-order chi connectivity index (χ1) is 12.3. The third-order valence-electron chi connectivity index (χ3n) is 3.47. The van der Waals surface area contributed by atoms with Crippen molar-refractivity contribution in [3.8, 4) is 0 Å². The van der Waals surface area contributed by atoms with Crippen LogP contribution in [0.5, 0.6) is 0 Å². The molecular formula is C19H17N3OS2. The molecule has 0 atom stereocenters. The molecule has 0 aliphatic heterocycles. The normalized spacial score (nSPS) is 11.1. The fourth-order valence-corrected chi connectivity index (χ4v) is 3.48. The van der Waals surface area contributed by atoms with Crippen LogP contribution in [0, 0.1) is 0 Å². The van der Waals surface area contributed by atoms with Crippen LogP contribution in [0.25, 0.3) is 10.9 Å². The second-order valence-corrected chi connectivity index (χ2v) is 7.08. The number of nitrogens with zero attached hydrogens (tertiary/aromatic N) is 2. The van der Waals surface area contributed by atoms with Crippen molar-refractivity contribution in [1.29, 1.82) is 0 Å². The Labute approximate surface area is 155 Å². The van der Waals surface area contributed by atoms with Gasteiger partial charge < -0.3 is 0 Å². The number of amides is 1. The van der Waals surface area contributed by atoms with Crippen LogP contribution in [0.2, 0.25) is 0 Å². The second kappa shape index (κ2) is 8.69. The van der Waals surface area contributed by atoms with Crippen molar-refractivity contribution in [2.45, 2.75) is 9.79 Å². The summed E-state index contributed by atoms with van der Waals surface area (Å²) in [6.45, 7) is 0. The molecule has 0 saturated carbocycles. The molecule has 3 rings (SSSR count). The van der Waals surface area contributed by atoms with E-state index in [-0.39, 0.29) is 5.91 Å². The van der Waals surface area contributed by atoms with Gasteiger partial charge in [0.1, 0.15) is 0 Å². The summed E-state index contributed by atoms with van der Waals surface area (Å²) < 4.78 is 0. The summed E-state index contributed by atoms with van der Waals surface area (Å²) in [7, 11) is 0. The fraction of sp³-hybridized carbons (Fsp3) is 0.105. The number of carbonyl (C=O) groups excluding carboxylic acids is 1. The zero-order valence-corrected chi connectivity index (χ0v) is 15.3. The highest BCUT2D eigenvalue weighted by molar-refractivity contribution is 8.00. The topological polar surface area (TPSA) is 54.4 Å². The first kappa shape index (κ1) is 17.5. The van der Waals surface area contributed by atoms with Gasteiger partial charge in [0.15, 0.2) is 0 Å². The number of hydrogen-bond donors (Lipinski definition) is 1. The minimum atomic E-state index is -0.144. The lowest BCUT2D eigenvalue weighted by Gasteiger charge is -2.04. The molecule has 126 valence electrons. The highest BCUT2D eigenvalue weighted by Crippen LogP contribution is 2.25. The smallest absolute Gasteiger partial charge is 0.250 e. The van der Waals surface area contributed by atoms with Gasteiger partial charge in [0, 0.05) is 21.4 Å². The van der Waals surface area contributed by atoms with Crippen molar-refractivity contribution < 1.29 is 4.79 Å². The molecule has 3 aromatic rings. The van der Waals surface area contributed by atoms with E-state index < -0.39 is 0 Å². The van der Waals surface area contributed by atoms with E-state index >= 15 is 0 Å². The van der Waals surface area contributed by atoms with Gasteiger partial charge in [-0.15, -0.1) is 23.5 Å². The third kappa shape index (κ3) is 4.84. The van der Waals surface area contributed by atoms with Crippen LogP contribution < -0.4 is 5.43 Å². The summed E-state index contributed by atoms with van der Waals surface area (Å²) in [5.41, 5.74) is 4.43. The Bertz CT molecular complexity index is 889. The molecular weight excluding hydrogens is 350 g/mol. The Kier molecular flexibility index (Phi) is 6.09. The largest absolute Gasteiger partial charge is 0.272 e. The molecule has 1 heterocycles. The third-order valence-corrected chi connectivity index (χ3v) is 5.26. The maximum Gasteiger partial charge on any atom is 0.250 e. The van der Waals surface area contributed by atoms with Crippen LogP contribution in [-0.2, 0) is 4.79 Å². The molecule has 25 heavy (non-hydrogen) atoms. The van der Waals surface area contributed by atoms with Gasteiger partial charge in [-0.1, -0.05) is 30.3 Å². The van der Waals surface area contributed by atoms with Crippen LogP contribution in [0.3, 0.4) is 0 Å². The Morgan fingerprint density at radius 3 is 2.76 bits per heavy atom. The first-order valence-electron chi connectivity index (χ1n) is 7.69. The number of hydrazone groups is 1. The Morgan fingerprint density at radius 1 is 1.16 bits per heavy atom. The zero-order valence-electron chi connectivity index (χ0n) is 13.7. The summed E-state index contributed by atoms with van der Waals surface area (Å²) >= 11 is 3.15. The molecule has 0 unspecified atom stereocenters. The van der Waals surface area contributed by atoms with Gasteiger partial charge in [-0.05, 0) is 36.1 Å². The van der Waals surface area contributed by atoms with E-state index in [2.05, 4.69) is 15.5 Å². The number of fused-ring (bicyclic) bond motifs is 1. The quantitative estimate of drug-likeness (QED) is 0.403. The van der Waals surface area contributed by atoms with Crippen LogP contribution in [0.4, 0.5) is 0 Å². The minimum absolute atomic E-state index is 0.144. The van der Waals surface area contributed by atoms with E-state index in [9.17, 15) is 4.79 Å². The Morgan fingerprint density at radius 2 is 1.96 bits per heavy atom. The number of para-hydroxylation sites is 1. The lowest BCUT2D eigenvalue weighted by Crippen LogP contribution is -2.19. The number of rotatable bonds is 6. The van der Waals surface area contributed by atoms with Gasteiger partial charge >= 0.3 is 0 Å². The maximum absolute atomic E-state index is 12.0. The van der Waals surface area contributed by atoms with Gasteiger partial charge in [0.2, 0.25) is 5.91 Å². The average molecular weight is 367 g/mol. The minimum Gasteiger partial charge on any atom is -0.272 e. The van der Waals surface area contributed by atoms with Crippen molar-refractivity contribution >= 4 is 46.5 Å². The highest BCUT2D eigenvalue weighted by Gasteiger charge is 2.05. The maximum atomic E-state index is 12.0. The van der Waals surface area contributed by atoms with Crippen molar-refractivity contribution in [2.75, 3.05) is 12.0 Å². The molecule has 1 N–H and O–H groups in total. The summed E-state index contributed by atoms with van der Waals surface area (Å²) in [5, 5.41) is 5.08. The second-order valence-electron chi connectivity index (χ2n) is 5.19. The SMILES string of the molecule is CSc1ccc(/C=N\NC(=O)CSc2cccc3cccnc23)cc1. The number of pyridine rings is 1. The van der Waals surface area contributed by atoms with Gasteiger partial charge in [-0.2, -0.15) is 5.10 Å². The molecule has 0 saturated heterocycles. The molecule has 0 aliphatic carbocycles. The van der Waals surface area contributed by atoms with Gasteiger partial charge in [-0.25, -0.2) is 5.43 Å². The van der Waals surface area contributed by atoms with Crippen LogP contribution >= 0.6 is 23.5 Å². The average Bonchev–Trinajstić information content (AvgIpc) is 2.67. The number of aromatic nitrogens is 1. The molecule has 6 heteroatoms. The molecule has 0 spiro atoms. The highest BCUT2D eigenvalue weighted by atomic mass is 32.2. The van der Waals surface area contributed by atoms with Crippen molar-refractivity contribution in [3.05, 3.63) is 66.4 Å². The fourth-order valence-electron chi connectivity index (χ4n) is 2.24. The van der Waals surface area contributed by atoms with Crippen molar-refractivity contribution in [3.63, 3.8) is 0 Å². The summed E-state index contributed by atoms with van der Waals surface area (Å²) in [4.78, 5) is 18.6. The van der Waals surface area contributed by atoms with Crippen LogP contribution in [0.1, 0.15) is 5.56 Å². The predicted molar refractivity (Wildman–Crippen MR) is 106 cm³/mol. The number of hydrogen-bond acceptors (Lipinski definition) is 5. The summed E-state index contributed by atoms with van der Waals surface area (Å²) in [6.07, 6.45) is 5.44. The van der Waals surface area contributed by atoms with E-state index in [1.54, 1.807) is 24.2 Å². The lowest BCUT2D eigenvalue weighted by molar-refractivity contribution is -0.118. The van der Waals surface area contributed by atoms with E-state index in [1.165, 1.54) is 16.7 Å². The summed E-state index contributed by atoms with van der Waals surface area (Å²) in [5.74, 6) is 0.147. The number of thioether (sulfide) groups is 2. The number of carbonyl (C=O) groups is 1. The zero-order chi connectivity index (χ0) is 17.5. The van der Waals surface area contributed by atoms with Crippen molar-refractivity contribution in [2.24, 2.45) is 5.10 Å². The van der Waals surface area contributed by atoms with Crippen molar-refractivity contribution in [1.82, 2.24) is 10.4 Å². The number of nitrogens with one attached hydrogen (secondary N) is 1. The Hall–Kier alpha value is -2.31. The summed E-state index contributed by atoms with van der Waals surface area (Å²) in [6, 6.07) is 17.9. The molecule has 0 radical (unpaired) electrons. The van der Waals surface area contributed by atoms with E-state index in [4.69, 9.17) is 0 Å². The molecule has 1 aromatic heterocycles. The standard InChI is InChI=1S/C19H17N3OS2/c1-24-16-9-7-14(8-10-16)12-21-22-18(23)13-25-17-6-2-4-15-5-3-11-20-19(15)17/h2-12H,13H2,1H3,(H,22,23)/b21-12-. The molecule has 2 aromatic carbocycles. The molecule has 4 nitrogen and oxygen atoms in total. The Balaban J connectivity index is 1.54. The van der Waals surface area contributed by atoms with E-state index in [1.807, 2.05) is 60.9 Å². The molecule has 0 aliphatic rings. The van der Waals surface area contributed by atoms with E-state index in [0.717, 1.165) is 21.4 Å². The molecule has 0 bridgehead atoms. The molecule has 0 fully saturated rings. The lowest BCUT2D eigenvalue weighted by atomic mass is 10.2.